The number of carboxylic acid groups (broad SMARTS) is 1. The van der Waals surface area contributed by atoms with Gasteiger partial charge < -0.3 is 15.2 Å². The predicted molar refractivity (Wildman–Crippen MR) is 68.4 cm³/mol. The number of halogens is 1. The highest BCUT2D eigenvalue weighted by atomic mass is 79.9. The third-order valence-corrected chi connectivity index (χ3v) is 2.41. The zero-order chi connectivity index (χ0) is 13.5. The second kappa shape index (κ2) is 6.67. The molecule has 1 aromatic rings. The van der Waals surface area contributed by atoms with Crippen molar-refractivity contribution in [3.63, 3.8) is 0 Å². The molecule has 0 atom stereocenters. The Labute approximate surface area is 112 Å². The lowest BCUT2D eigenvalue weighted by molar-refractivity contribution is -0.122. The van der Waals surface area contributed by atoms with Crippen LogP contribution in [0, 0.1) is 12.3 Å². The number of terminal acetylenes is 1. The molecular formula is C12H10BrNO4. The van der Waals surface area contributed by atoms with Crippen molar-refractivity contribution < 1.29 is 19.4 Å². The van der Waals surface area contributed by atoms with Crippen molar-refractivity contribution in [1.82, 2.24) is 5.32 Å². The summed E-state index contributed by atoms with van der Waals surface area (Å²) in [5.74, 6) is 0.833. The lowest BCUT2D eigenvalue weighted by atomic mass is 10.2. The number of ether oxygens (including phenoxy) is 1. The van der Waals surface area contributed by atoms with E-state index in [0.717, 1.165) is 0 Å². The van der Waals surface area contributed by atoms with E-state index in [1.807, 2.05) is 0 Å². The van der Waals surface area contributed by atoms with Crippen LogP contribution in [0.2, 0.25) is 0 Å². The first kappa shape index (κ1) is 14.1. The van der Waals surface area contributed by atoms with E-state index in [1.54, 1.807) is 6.07 Å². The molecule has 0 fully saturated rings. The summed E-state index contributed by atoms with van der Waals surface area (Å²) in [6, 6.07) is 4.50. The summed E-state index contributed by atoms with van der Waals surface area (Å²) in [6.07, 6.45) is 4.98. The number of aromatic carboxylic acids is 1. The lowest BCUT2D eigenvalue weighted by Crippen LogP contribution is -2.29. The molecule has 1 aromatic carbocycles. The predicted octanol–water partition coefficient (Wildman–Crippen LogP) is 1.28. The fourth-order valence-corrected chi connectivity index (χ4v) is 1.50. The minimum absolute atomic E-state index is 0.0193. The molecule has 1 amide bonds. The first-order chi connectivity index (χ1) is 8.54. The standard InChI is InChI=1S/C12H10BrNO4/c1-2-5-14-11(15)7-18-10-4-3-8(13)6-9(10)12(16)17/h1,3-4,6H,5,7H2,(H,14,15)(H,16,17). The molecular weight excluding hydrogens is 302 g/mol. The fraction of sp³-hybridized carbons (Fsp3) is 0.167. The maximum atomic E-state index is 11.2. The van der Waals surface area contributed by atoms with Gasteiger partial charge >= 0.3 is 5.97 Å². The number of hydrogen-bond donors (Lipinski definition) is 2. The van der Waals surface area contributed by atoms with Gasteiger partial charge in [0.1, 0.15) is 11.3 Å². The van der Waals surface area contributed by atoms with Crippen LogP contribution in [-0.4, -0.2) is 30.1 Å². The number of benzene rings is 1. The topological polar surface area (TPSA) is 75.6 Å². The fourth-order valence-electron chi connectivity index (χ4n) is 1.14. The number of hydrogen-bond acceptors (Lipinski definition) is 3. The van der Waals surface area contributed by atoms with E-state index in [-0.39, 0.29) is 24.5 Å². The number of nitrogens with one attached hydrogen (secondary N) is 1. The highest BCUT2D eigenvalue weighted by molar-refractivity contribution is 9.10. The number of carbonyl (C=O) groups excluding carboxylic acids is 1. The average molecular weight is 312 g/mol. The summed E-state index contributed by atoms with van der Waals surface area (Å²) in [5, 5.41) is 11.4. The zero-order valence-corrected chi connectivity index (χ0v) is 10.9. The Balaban J connectivity index is 2.70. The lowest BCUT2D eigenvalue weighted by Gasteiger charge is -2.09. The molecule has 0 heterocycles. The van der Waals surface area contributed by atoms with Crippen molar-refractivity contribution in [2.24, 2.45) is 0 Å². The normalized spacial score (nSPS) is 9.33. The SMILES string of the molecule is C#CCNC(=O)COc1ccc(Br)cc1C(=O)O. The van der Waals surface area contributed by atoms with Crippen LogP contribution in [-0.2, 0) is 4.79 Å². The summed E-state index contributed by atoms with van der Waals surface area (Å²) < 4.78 is 5.74. The minimum atomic E-state index is -1.13. The molecule has 0 saturated heterocycles. The highest BCUT2D eigenvalue weighted by Crippen LogP contribution is 2.23. The number of rotatable bonds is 5. The van der Waals surface area contributed by atoms with Gasteiger partial charge in [0.2, 0.25) is 0 Å². The van der Waals surface area contributed by atoms with Crippen molar-refractivity contribution >= 4 is 27.8 Å². The molecule has 94 valence electrons. The molecule has 0 aliphatic heterocycles. The van der Waals surface area contributed by atoms with Gasteiger partial charge in [-0.25, -0.2) is 4.79 Å². The van der Waals surface area contributed by atoms with E-state index in [9.17, 15) is 9.59 Å². The van der Waals surface area contributed by atoms with Gasteiger partial charge in [-0.05, 0) is 18.2 Å². The van der Waals surface area contributed by atoms with Crippen LogP contribution in [0.1, 0.15) is 10.4 Å². The monoisotopic (exact) mass is 311 g/mol. The quantitative estimate of drug-likeness (QED) is 0.803. The number of carboxylic acids is 1. The Morgan fingerprint density at radius 1 is 1.50 bits per heavy atom. The van der Waals surface area contributed by atoms with E-state index < -0.39 is 11.9 Å². The summed E-state index contributed by atoms with van der Waals surface area (Å²) in [6.45, 7) is -0.183. The Bertz CT molecular complexity index is 507. The molecule has 18 heavy (non-hydrogen) atoms. The molecule has 0 aliphatic rings. The Hall–Kier alpha value is -2.00. The van der Waals surface area contributed by atoms with E-state index in [4.69, 9.17) is 16.3 Å². The van der Waals surface area contributed by atoms with Gasteiger partial charge in [0, 0.05) is 4.47 Å². The maximum Gasteiger partial charge on any atom is 0.339 e. The molecule has 0 spiro atoms. The molecule has 0 unspecified atom stereocenters. The van der Waals surface area contributed by atoms with E-state index in [0.29, 0.717) is 4.47 Å². The molecule has 1 rings (SSSR count). The van der Waals surface area contributed by atoms with Crippen molar-refractivity contribution in [2.75, 3.05) is 13.2 Å². The molecule has 0 radical (unpaired) electrons. The molecule has 2 N–H and O–H groups in total. The van der Waals surface area contributed by atoms with Gasteiger partial charge in [0.05, 0.1) is 6.54 Å². The summed E-state index contributed by atoms with van der Waals surface area (Å²) in [7, 11) is 0. The molecule has 0 aromatic heterocycles. The molecule has 0 bridgehead atoms. The first-order valence-corrected chi connectivity index (χ1v) is 5.69. The van der Waals surface area contributed by atoms with Crippen molar-refractivity contribution in [3.05, 3.63) is 28.2 Å². The van der Waals surface area contributed by atoms with Crippen LogP contribution in [0.15, 0.2) is 22.7 Å². The van der Waals surface area contributed by atoms with Crippen LogP contribution >= 0.6 is 15.9 Å². The number of carbonyl (C=O) groups is 2. The van der Waals surface area contributed by atoms with E-state index >= 15 is 0 Å². The highest BCUT2D eigenvalue weighted by Gasteiger charge is 2.12. The van der Waals surface area contributed by atoms with Gasteiger partial charge in [-0.2, -0.15) is 0 Å². The van der Waals surface area contributed by atoms with Gasteiger partial charge in [0.15, 0.2) is 6.61 Å². The molecule has 5 nitrogen and oxygen atoms in total. The van der Waals surface area contributed by atoms with Crippen LogP contribution in [0.4, 0.5) is 0 Å². The first-order valence-electron chi connectivity index (χ1n) is 4.90. The molecule has 6 heteroatoms. The van der Waals surface area contributed by atoms with Crippen molar-refractivity contribution in [3.8, 4) is 18.1 Å². The summed E-state index contributed by atoms with van der Waals surface area (Å²) >= 11 is 3.16. The zero-order valence-electron chi connectivity index (χ0n) is 9.27. The smallest absolute Gasteiger partial charge is 0.339 e. The van der Waals surface area contributed by atoms with E-state index in [2.05, 4.69) is 27.2 Å². The van der Waals surface area contributed by atoms with Crippen molar-refractivity contribution in [2.45, 2.75) is 0 Å². The summed E-state index contributed by atoms with van der Waals surface area (Å²) in [5.41, 5.74) is -0.0193. The largest absolute Gasteiger partial charge is 0.483 e. The number of amides is 1. The van der Waals surface area contributed by atoms with Crippen LogP contribution in [0.5, 0.6) is 5.75 Å². The maximum absolute atomic E-state index is 11.2. The minimum Gasteiger partial charge on any atom is -0.483 e. The van der Waals surface area contributed by atoms with Gasteiger partial charge in [-0.15, -0.1) is 6.42 Å². The van der Waals surface area contributed by atoms with Crippen LogP contribution < -0.4 is 10.1 Å². The second-order valence-corrected chi connectivity index (χ2v) is 4.13. The Kier molecular flexibility index (Phi) is 5.21. The third kappa shape index (κ3) is 4.11. The Morgan fingerprint density at radius 2 is 2.22 bits per heavy atom. The van der Waals surface area contributed by atoms with Crippen molar-refractivity contribution in [1.29, 1.82) is 0 Å². The van der Waals surface area contributed by atoms with E-state index in [1.165, 1.54) is 12.1 Å². The van der Waals surface area contributed by atoms with Gasteiger partial charge in [-0.3, -0.25) is 4.79 Å². The summed E-state index contributed by atoms with van der Waals surface area (Å²) in [4.78, 5) is 22.2. The van der Waals surface area contributed by atoms with Gasteiger partial charge in [-0.1, -0.05) is 21.9 Å². The average Bonchev–Trinajstić information content (AvgIpc) is 2.34. The molecule has 0 aliphatic carbocycles. The molecule has 0 saturated carbocycles. The Morgan fingerprint density at radius 3 is 2.83 bits per heavy atom. The van der Waals surface area contributed by atoms with Crippen LogP contribution in [0.25, 0.3) is 0 Å². The van der Waals surface area contributed by atoms with Gasteiger partial charge in [0.25, 0.3) is 5.91 Å². The second-order valence-electron chi connectivity index (χ2n) is 3.22. The third-order valence-electron chi connectivity index (χ3n) is 1.92. The van der Waals surface area contributed by atoms with Crippen LogP contribution in [0.3, 0.4) is 0 Å².